The van der Waals surface area contributed by atoms with Crippen LogP contribution in [-0.4, -0.2) is 5.78 Å². The first-order chi connectivity index (χ1) is 10.2. The number of benzene rings is 2. The Morgan fingerprint density at radius 3 is 2.57 bits per heavy atom. The highest BCUT2D eigenvalue weighted by Gasteiger charge is 2.14. The maximum atomic E-state index is 13.2. The van der Waals surface area contributed by atoms with Gasteiger partial charge >= 0.3 is 0 Å². The van der Waals surface area contributed by atoms with Crippen LogP contribution in [0.1, 0.15) is 35.0 Å². The quantitative estimate of drug-likeness (QED) is 0.646. The number of carbonyl (C=O) groups excluding carboxylic acids is 1. The van der Waals surface area contributed by atoms with E-state index >= 15 is 0 Å². The normalized spacial score (nSPS) is 11.0. The van der Waals surface area contributed by atoms with E-state index in [-0.39, 0.29) is 17.4 Å². The molecule has 0 unspecified atom stereocenters. The van der Waals surface area contributed by atoms with E-state index in [1.807, 2.05) is 12.1 Å². The van der Waals surface area contributed by atoms with Crippen LogP contribution in [0.15, 0.2) is 52.9 Å². The van der Waals surface area contributed by atoms with Crippen molar-refractivity contribution in [1.29, 1.82) is 0 Å². The average Bonchev–Trinajstić information content (AvgIpc) is 2.90. The first-order valence-electron chi connectivity index (χ1n) is 7.00. The zero-order chi connectivity index (χ0) is 14.8. The molecule has 3 aromatic rings. The molecule has 106 valence electrons. The van der Waals surface area contributed by atoms with E-state index in [4.69, 9.17) is 4.42 Å². The van der Waals surface area contributed by atoms with E-state index in [1.165, 1.54) is 23.8 Å². The topological polar surface area (TPSA) is 30.2 Å². The lowest BCUT2D eigenvalue weighted by Gasteiger charge is -2.01. The van der Waals surface area contributed by atoms with Crippen molar-refractivity contribution in [3.05, 3.63) is 71.2 Å². The largest absolute Gasteiger partial charge is 0.453 e. The Morgan fingerprint density at radius 2 is 1.86 bits per heavy atom. The van der Waals surface area contributed by atoms with Crippen molar-refractivity contribution in [1.82, 2.24) is 0 Å². The van der Waals surface area contributed by atoms with Crippen LogP contribution in [0.25, 0.3) is 11.0 Å². The molecule has 0 bridgehead atoms. The standard InChI is InChI=1S/C18H15FO2/c1-2-3-12-4-6-13(7-5-12)18(20)17-11-14-10-15(19)8-9-16(14)21-17/h4-11H,2-3H2,1H3. The van der Waals surface area contributed by atoms with Crippen molar-refractivity contribution in [3.63, 3.8) is 0 Å². The van der Waals surface area contributed by atoms with Crippen molar-refractivity contribution in [2.24, 2.45) is 0 Å². The third-order valence-electron chi connectivity index (χ3n) is 3.46. The van der Waals surface area contributed by atoms with E-state index in [2.05, 4.69) is 6.92 Å². The Bertz CT molecular complexity index is 785. The van der Waals surface area contributed by atoms with Gasteiger partial charge in [0.2, 0.25) is 5.78 Å². The minimum atomic E-state index is -0.341. The molecule has 1 aromatic heterocycles. The van der Waals surface area contributed by atoms with Gasteiger partial charge in [-0.15, -0.1) is 0 Å². The monoisotopic (exact) mass is 282 g/mol. The molecule has 0 aliphatic carbocycles. The van der Waals surface area contributed by atoms with Crippen LogP contribution in [0, 0.1) is 5.82 Å². The summed E-state index contributed by atoms with van der Waals surface area (Å²) < 4.78 is 18.7. The minimum Gasteiger partial charge on any atom is -0.453 e. The fourth-order valence-electron chi connectivity index (χ4n) is 2.38. The summed E-state index contributed by atoms with van der Waals surface area (Å²) in [5, 5.41) is 0.598. The number of hydrogen-bond donors (Lipinski definition) is 0. The summed E-state index contributed by atoms with van der Waals surface area (Å²) in [6.07, 6.45) is 2.07. The molecule has 2 aromatic carbocycles. The Balaban J connectivity index is 1.92. The lowest BCUT2D eigenvalue weighted by molar-refractivity contribution is 0.101. The van der Waals surface area contributed by atoms with Gasteiger partial charge in [-0.05, 0) is 36.2 Å². The third-order valence-corrected chi connectivity index (χ3v) is 3.46. The zero-order valence-corrected chi connectivity index (χ0v) is 11.7. The van der Waals surface area contributed by atoms with Gasteiger partial charge in [-0.2, -0.15) is 0 Å². The van der Waals surface area contributed by atoms with Crippen molar-refractivity contribution in [2.45, 2.75) is 19.8 Å². The van der Waals surface area contributed by atoms with Gasteiger partial charge in [0.25, 0.3) is 0 Å². The van der Waals surface area contributed by atoms with E-state index in [1.54, 1.807) is 18.2 Å². The summed E-state index contributed by atoms with van der Waals surface area (Å²) in [5.74, 6) is -0.292. The number of aryl methyl sites for hydroxylation is 1. The fraction of sp³-hybridized carbons (Fsp3) is 0.167. The molecule has 0 atom stereocenters. The van der Waals surface area contributed by atoms with Crippen LogP contribution >= 0.6 is 0 Å². The van der Waals surface area contributed by atoms with Gasteiger partial charge in [-0.25, -0.2) is 4.39 Å². The molecule has 0 aliphatic rings. The van der Waals surface area contributed by atoms with Crippen molar-refractivity contribution in [3.8, 4) is 0 Å². The molecule has 0 fully saturated rings. The van der Waals surface area contributed by atoms with Crippen LogP contribution in [0.4, 0.5) is 4.39 Å². The Labute approximate surface area is 122 Å². The maximum absolute atomic E-state index is 13.2. The summed E-state index contributed by atoms with van der Waals surface area (Å²) in [5.41, 5.74) is 2.30. The summed E-state index contributed by atoms with van der Waals surface area (Å²) in [6.45, 7) is 2.12. The summed E-state index contributed by atoms with van der Waals surface area (Å²) in [7, 11) is 0. The summed E-state index contributed by atoms with van der Waals surface area (Å²) in [6, 6.07) is 13.3. The third kappa shape index (κ3) is 2.72. The van der Waals surface area contributed by atoms with Gasteiger partial charge in [-0.3, -0.25) is 4.79 Å². The lowest BCUT2D eigenvalue weighted by Crippen LogP contribution is -1.99. The number of carbonyl (C=O) groups is 1. The average molecular weight is 282 g/mol. The molecule has 1 heterocycles. The summed E-state index contributed by atoms with van der Waals surface area (Å²) >= 11 is 0. The number of ketones is 1. The molecule has 0 aliphatic heterocycles. The first-order valence-corrected chi connectivity index (χ1v) is 7.00. The van der Waals surface area contributed by atoms with Crippen molar-refractivity contribution in [2.75, 3.05) is 0 Å². The van der Waals surface area contributed by atoms with Gasteiger partial charge < -0.3 is 4.42 Å². The number of halogens is 1. The van der Waals surface area contributed by atoms with E-state index in [9.17, 15) is 9.18 Å². The first kappa shape index (κ1) is 13.6. The molecule has 0 saturated carbocycles. The van der Waals surface area contributed by atoms with Gasteiger partial charge in [-0.1, -0.05) is 37.6 Å². The van der Waals surface area contributed by atoms with Crippen LogP contribution in [0.5, 0.6) is 0 Å². The van der Waals surface area contributed by atoms with Gasteiger partial charge in [0, 0.05) is 10.9 Å². The molecule has 0 spiro atoms. The van der Waals surface area contributed by atoms with Crippen molar-refractivity contribution < 1.29 is 13.6 Å². The molecule has 2 nitrogen and oxygen atoms in total. The second-order valence-corrected chi connectivity index (χ2v) is 5.07. The molecular weight excluding hydrogens is 267 g/mol. The number of fused-ring (bicyclic) bond motifs is 1. The minimum absolute atomic E-state index is 0.186. The maximum Gasteiger partial charge on any atom is 0.228 e. The molecule has 3 rings (SSSR count). The SMILES string of the molecule is CCCc1ccc(C(=O)c2cc3cc(F)ccc3o2)cc1. The predicted molar refractivity (Wildman–Crippen MR) is 80.0 cm³/mol. The predicted octanol–water partition coefficient (Wildman–Crippen LogP) is 4.76. The molecule has 0 radical (unpaired) electrons. The van der Waals surface area contributed by atoms with Crippen molar-refractivity contribution >= 4 is 16.8 Å². The number of hydrogen-bond acceptors (Lipinski definition) is 2. The molecule has 21 heavy (non-hydrogen) atoms. The molecular formula is C18H15FO2. The lowest BCUT2D eigenvalue weighted by atomic mass is 10.0. The van der Waals surface area contributed by atoms with Crippen LogP contribution in [0.2, 0.25) is 0 Å². The van der Waals surface area contributed by atoms with Gasteiger partial charge in [0.15, 0.2) is 5.76 Å². The second kappa shape index (κ2) is 5.52. The molecule has 0 amide bonds. The highest BCUT2D eigenvalue weighted by Crippen LogP contribution is 2.22. The van der Waals surface area contributed by atoms with E-state index in [0.29, 0.717) is 16.5 Å². The number of furan rings is 1. The zero-order valence-electron chi connectivity index (χ0n) is 11.7. The Kier molecular flexibility index (Phi) is 3.57. The van der Waals surface area contributed by atoms with Crippen LogP contribution in [-0.2, 0) is 6.42 Å². The van der Waals surface area contributed by atoms with E-state index in [0.717, 1.165) is 12.8 Å². The summed E-state index contributed by atoms with van der Waals surface area (Å²) in [4.78, 5) is 12.4. The molecule has 0 N–H and O–H groups in total. The fourth-order valence-corrected chi connectivity index (χ4v) is 2.38. The highest BCUT2D eigenvalue weighted by atomic mass is 19.1. The second-order valence-electron chi connectivity index (χ2n) is 5.07. The smallest absolute Gasteiger partial charge is 0.228 e. The van der Waals surface area contributed by atoms with Gasteiger partial charge in [0.1, 0.15) is 11.4 Å². The number of rotatable bonds is 4. The van der Waals surface area contributed by atoms with Crippen LogP contribution in [0.3, 0.4) is 0 Å². The van der Waals surface area contributed by atoms with E-state index < -0.39 is 0 Å². The highest BCUT2D eigenvalue weighted by molar-refractivity contribution is 6.09. The Morgan fingerprint density at radius 1 is 1.10 bits per heavy atom. The van der Waals surface area contributed by atoms with Gasteiger partial charge in [0.05, 0.1) is 0 Å². The molecule has 0 saturated heterocycles. The molecule has 3 heteroatoms. The Hall–Kier alpha value is -2.42. The van der Waals surface area contributed by atoms with Crippen LogP contribution < -0.4 is 0 Å².